The molecule has 0 aliphatic carbocycles. The van der Waals surface area contributed by atoms with Gasteiger partial charge in [-0.2, -0.15) is 0 Å². The topological polar surface area (TPSA) is 44.8 Å². The number of urea groups is 1. The number of ether oxygens (including phenoxy) is 1. The van der Waals surface area contributed by atoms with Crippen LogP contribution in [0.5, 0.6) is 5.75 Å². The fraction of sp³-hybridized carbons (Fsp3) is 0.261. The molecule has 1 aliphatic rings. The summed E-state index contributed by atoms with van der Waals surface area (Å²) in [5, 5.41) is 5.33. The first-order valence-electron chi connectivity index (χ1n) is 9.62. The monoisotopic (exact) mass is 375 g/mol. The maximum atomic E-state index is 12.5. The van der Waals surface area contributed by atoms with E-state index in [1.807, 2.05) is 41.3 Å². The van der Waals surface area contributed by atoms with E-state index in [2.05, 4.69) is 40.5 Å². The van der Waals surface area contributed by atoms with E-state index in [0.29, 0.717) is 6.54 Å². The molecule has 2 amide bonds. The number of anilines is 1. The van der Waals surface area contributed by atoms with Gasteiger partial charge in [0.2, 0.25) is 0 Å². The largest absolute Gasteiger partial charge is 0.497 e. The molecule has 0 radical (unpaired) electrons. The second kappa shape index (κ2) is 8.21. The molecule has 0 aromatic heterocycles. The Morgan fingerprint density at radius 2 is 1.64 bits per heavy atom. The Bertz CT molecular complexity index is 950. The number of amides is 2. The van der Waals surface area contributed by atoms with Gasteiger partial charge >= 0.3 is 6.03 Å². The summed E-state index contributed by atoms with van der Waals surface area (Å²) in [4.78, 5) is 16.8. The SMILES string of the molecule is COc1ccc2cc(CNC(=O)N3CCN(c4ccccc4)CC3)ccc2c1. The average molecular weight is 375 g/mol. The molecule has 28 heavy (non-hydrogen) atoms. The van der Waals surface area contributed by atoms with Gasteiger partial charge in [-0.05, 0) is 46.7 Å². The summed E-state index contributed by atoms with van der Waals surface area (Å²) in [5.41, 5.74) is 2.31. The minimum Gasteiger partial charge on any atom is -0.497 e. The summed E-state index contributed by atoms with van der Waals surface area (Å²) in [6.45, 7) is 3.71. The van der Waals surface area contributed by atoms with Gasteiger partial charge in [-0.1, -0.05) is 36.4 Å². The van der Waals surface area contributed by atoms with Crippen LogP contribution in [0.15, 0.2) is 66.7 Å². The van der Waals surface area contributed by atoms with Crippen molar-refractivity contribution < 1.29 is 9.53 Å². The third-order valence-electron chi connectivity index (χ3n) is 5.24. The molecule has 0 unspecified atom stereocenters. The zero-order valence-electron chi connectivity index (χ0n) is 16.1. The van der Waals surface area contributed by atoms with Crippen molar-refractivity contribution in [2.24, 2.45) is 0 Å². The van der Waals surface area contributed by atoms with Crippen molar-refractivity contribution >= 4 is 22.5 Å². The Morgan fingerprint density at radius 1 is 0.929 bits per heavy atom. The van der Waals surface area contributed by atoms with Crippen molar-refractivity contribution in [2.45, 2.75) is 6.54 Å². The number of nitrogens with zero attached hydrogens (tertiary/aromatic N) is 2. The van der Waals surface area contributed by atoms with Crippen molar-refractivity contribution in [3.05, 3.63) is 72.3 Å². The Balaban J connectivity index is 1.31. The molecule has 0 saturated carbocycles. The highest BCUT2D eigenvalue weighted by atomic mass is 16.5. The molecule has 4 rings (SSSR count). The van der Waals surface area contributed by atoms with Crippen molar-refractivity contribution in [3.8, 4) is 5.75 Å². The van der Waals surface area contributed by atoms with Crippen LogP contribution in [0.3, 0.4) is 0 Å². The zero-order chi connectivity index (χ0) is 19.3. The molecule has 1 heterocycles. The minimum atomic E-state index is 0.00235. The number of hydrogen-bond donors (Lipinski definition) is 1. The number of carbonyl (C=O) groups excluding carboxylic acids is 1. The number of para-hydroxylation sites is 1. The van der Waals surface area contributed by atoms with E-state index in [1.54, 1.807) is 7.11 Å². The van der Waals surface area contributed by atoms with E-state index in [1.165, 1.54) is 5.69 Å². The quantitative estimate of drug-likeness (QED) is 0.753. The minimum absolute atomic E-state index is 0.00235. The van der Waals surface area contributed by atoms with Crippen LogP contribution in [0.2, 0.25) is 0 Å². The predicted octanol–water partition coefficient (Wildman–Crippen LogP) is 3.88. The number of nitrogens with one attached hydrogen (secondary N) is 1. The molecule has 144 valence electrons. The van der Waals surface area contributed by atoms with E-state index in [4.69, 9.17) is 4.74 Å². The number of methoxy groups -OCH3 is 1. The first-order valence-corrected chi connectivity index (χ1v) is 9.62. The second-order valence-corrected chi connectivity index (χ2v) is 7.02. The molecule has 0 bridgehead atoms. The van der Waals surface area contributed by atoms with Gasteiger partial charge < -0.3 is 19.9 Å². The molecule has 5 nitrogen and oxygen atoms in total. The van der Waals surface area contributed by atoms with Crippen molar-refractivity contribution in [1.82, 2.24) is 10.2 Å². The Kier molecular flexibility index (Phi) is 5.33. The lowest BCUT2D eigenvalue weighted by Gasteiger charge is -2.36. The molecule has 3 aromatic carbocycles. The highest BCUT2D eigenvalue weighted by molar-refractivity contribution is 5.84. The summed E-state index contributed by atoms with van der Waals surface area (Å²) in [6.07, 6.45) is 0. The number of rotatable bonds is 4. The van der Waals surface area contributed by atoms with Gasteiger partial charge in [0.25, 0.3) is 0 Å². The average Bonchev–Trinajstić information content (AvgIpc) is 2.77. The molecule has 1 fully saturated rings. The fourth-order valence-corrected chi connectivity index (χ4v) is 3.61. The maximum absolute atomic E-state index is 12.5. The van der Waals surface area contributed by atoms with Crippen LogP contribution < -0.4 is 15.0 Å². The van der Waals surface area contributed by atoms with Crippen molar-refractivity contribution in [2.75, 3.05) is 38.2 Å². The van der Waals surface area contributed by atoms with Crippen LogP contribution in [-0.2, 0) is 6.54 Å². The van der Waals surface area contributed by atoms with E-state index < -0.39 is 0 Å². The van der Waals surface area contributed by atoms with Gasteiger partial charge in [-0.25, -0.2) is 4.79 Å². The molecular formula is C23H25N3O2. The smallest absolute Gasteiger partial charge is 0.317 e. The van der Waals surface area contributed by atoms with Crippen LogP contribution in [0, 0.1) is 0 Å². The molecule has 0 atom stereocenters. The van der Waals surface area contributed by atoms with E-state index in [0.717, 1.165) is 48.3 Å². The Hall–Kier alpha value is -3.21. The highest BCUT2D eigenvalue weighted by Crippen LogP contribution is 2.22. The summed E-state index contributed by atoms with van der Waals surface area (Å²) in [6, 6.07) is 22.6. The van der Waals surface area contributed by atoms with Gasteiger partial charge in [0.1, 0.15) is 5.75 Å². The zero-order valence-corrected chi connectivity index (χ0v) is 16.1. The summed E-state index contributed by atoms with van der Waals surface area (Å²) in [5.74, 6) is 0.850. The second-order valence-electron chi connectivity index (χ2n) is 7.02. The molecular weight excluding hydrogens is 350 g/mol. The summed E-state index contributed by atoms with van der Waals surface area (Å²) in [7, 11) is 1.67. The fourth-order valence-electron chi connectivity index (χ4n) is 3.61. The van der Waals surface area contributed by atoms with Crippen molar-refractivity contribution in [1.29, 1.82) is 0 Å². The number of piperazine rings is 1. The van der Waals surface area contributed by atoms with E-state index in [9.17, 15) is 4.79 Å². The number of benzene rings is 3. The van der Waals surface area contributed by atoms with Gasteiger partial charge in [0.15, 0.2) is 0 Å². The van der Waals surface area contributed by atoms with Crippen LogP contribution in [0.25, 0.3) is 10.8 Å². The predicted molar refractivity (Wildman–Crippen MR) is 113 cm³/mol. The van der Waals surface area contributed by atoms with Crippen LogP contribution >= 0.6 is 0 Å². The maximum Gasteiger partial charge on any atom is 0.317 e. The first kappa shape index (κ1) is 18.2. The van der Waals surface area contributed by atoms with Crippen LogP contribution in [0.4, 0.5) is 10.5 Å². The Morgan fingerprint density at radius 3 is 2.39 bits per heavy atom. The molecule has 0 spiro atoms. The lowest BCUT2D eigenvalue weighted by atomic mass is 10.1. The lowest BCUT2D eigenvalue weighted by molar-refractivity contribution is 0.194. The standard InChI is InChI=1S/C23H25N3O2/c1-28-22-10-9-19-15-18(7-8-20(19)16-22)17-24-23(27)26-13-11-25(12-14-26)21-5-3-2-4-6-21/h2-10,15-16H,11-14,17H2,1H3,(H,24,27). The van der Waals surface area contributed by atoms with E-state index >= 15 is 0 Å². The number of hydrogen-bond acceptors (Lipinski definition) is 3. The van der Waals surface area contributed by atoms with Gasteiger partial charge in [-0.3, -0.25) is 0 Å². The lowest BCUT2D eigenvalue weighted by Crippen LogP contribution is -2.51. The number of carbonyl (C=O) groups is 1. The molecule has 5 heteroatoms. The normalized spacial score (nSPS) is 14.2. The Labute approximate surface area is 165 Å². The third kappa shape index (κ3) is 4.03. The molecule has 1 N–H and O–H groups in total. The molecule has 1 aliphatic heterocycles. The first-order chi connectivity index (χ1) is 13.7. The molecule has 1 saturated heterocycles. The van der Waals surface area contributed by atoms with Gasteiger partial charge in [0.05, 0.1) is 7.11 Å². The van der Waals surface area contributed by atoms with E-state index in [-0.39, 0.29) is 6.03 Å². The van der Waals surface area contributed by atoms with Crippen molar-refractivity contribution in [3.63, 3.8) is 0 Å². The number of fused-ring (bicyclic) bond motifs is 1. The highest BCUT2D eigenvalue weighted by Gasteiger charge is 2.20. The van der Waals surface area contributed by atoms with Crippen LogP contribution in [-0.4, -0.2) is 44.2 Å². The van der Waals surface area contributed by atoms with Gasteiger partial charge in [-0.15, -0.1) is 0 Å². The van der Waals surface area contributed by atoms with Gasteiger partial charge in [0, 0.05) is 38.4 Å². The molecule has 3 aromatic rings. The summed E-state index contributed by atoms with van der Waals surface area (Å²) < 4.78 is 5.27. The summed E-state index contributed by atoms with van der Waals surface area (Å²) >= 11 is 0. The third-order valence-corrected chi connectivity index (χ3v) is 5.24. The van der Waals surface area contributed by atoms with Crippen LogP contribution in [0.1, 0.15) is 5.56 Å².